The minimum Gasteiger partial charge on any atom is -0.462 e. The average molecular weight is 1150 g/mol. The molecule has 0 aromatic carbocycles. The summed E-state index contributed by atoms with van der Waals surface area (Å²) in [5.74, 6) is -0.568. The van der Waals surface area contributed by atoms with Crippen molar-refractivity contribution in [2.24, 2.45) is 0 Å². The van der Waals surface area contributed by atoms with Crippen LogP contribution in [0, 0.1) is 0 Å². The van der Waals surface area contributed by atoms with Crippen molar-refractivity contribution in [3.05, 3.63) is 60.8 Å². The Balaban J connectivity index is 3.39. The SMILES string of the molecule is CC/C=C\C/C=C\C/C=C\C/C=C\C/C=C\CCCCCCCCCCCCCCCCCCCC(=O)OC(CO)COC(=O)CCCCCCCCCCCCCCCCCCCCCCCCCCCCCCCCCCCCC. The van der Waals surface area contributed by atoms with Crippen LogP contribution >= 0.6 is 0 Å². The van der Waals surface area contributed by atoms with E-state index >= 15 is 0 Å². The second-order valence-corrected chi connectivity index (χ2v) is 25.0. The fraction of sp³-hybridized carbons (Fsp3) is 0.844. The number of carbonyl (C=O) groups excluding carboxylic acids is 2. The van der Waals surface area contributed by atoms with Gasteiger partial charge in [-0.1, -0.05) is 389 Å². The lowest BCUT2D eigenvalue weighted by molar-refractivity contribution is -0.161. The maximum absolute atomic E-state index is 12.4. The Morgan fingerprint density at radius 1 is 0.293 bits per heavy atom. The number of rotatable bonds is 69. The van der Waals surface area contributed by atoms with Crippen molar-refractivity contribution in [1.82, 2.24) is 0 Å². The van der Waals surface area contributed by atoms with Crippen LogP contribution < -0.4 is 0 Å². The molecule has 0 aromatic heterocycles. The van der Waals surface area contributed by atoms with Gasteiger partial charge in [0.05, 0.1) is 6.61 Å². The van der Waals surface area contributed by atoms with Crippen LogP contribution in [0.15, 0.2) is 60.8 Å². The molecule has 1 unspecified atom stereocenters. The summed E-state index contributed by atoms with van der Waals surface area (Å²) in [5, 5.41) is 9.71. The first-order valence-electron chi connectivity index (χ1n) is 36.8. The molecule has 0 spiro atoms. The van der Waals surface area contributed by atoms with Crippen LogP contribution in [0.1, 0.15) is 399 Å². The first kappa shape index (κ1) is 79.6. The van der Waals surface area contributed by atoms with E-state index in [2.05, 4.69) is 74.6 Å². The number of hydrogen-bond acceptors (Lipinski definition) is 5. The van der Waals surface area contributed by atoms with Crippen molar-refractivity contribution in [1.29, 1.82) is 0 Å². The number of aliphatic hydroxyl groups excluding tert-OH is 1. The molecule has 1 N–H and O–H groups in total. The van der Waals surface area contributed by atoms with E-state index in [1.54, 1.807) is 0 Å². The van der Waals surface area contributed by atoms with E-state index in [1.165, 1.54) is 308 Å². The first-order valence-corrected chi connectivity index (χ1v) is 36.8. The molecule has 0 aliphatic carbocycles. The van der Waals surface area contributed by atoms with E-state index in [-0.39, 0.29) is 25.2 Å². The topological polar surface area (TPSA) is 72.8 Å². The molecular weight excluding hydrogens is 1000 g/mol. The molecule has 0 rings (SSSR count). The smallest absolute Gasteiger partial charge is 0.306 e. The number of allylic oxidation sites excluding steroid dienone is 10. The Morgan fingerprint density at radius 3 is 0.793 bits per heavy atom. The van der Waals surface area contributed by atoms with Crippen molar-refractivity contribution >= 4 is 11.9 Å². The summed E-state index contributed by atoms with van der Waals surface area (Å²) in [6, 6.07) is 0. The highest BCUT2D eigenvalue weighted by Crippen LogP contribution is 2.19. The minimum absolute atomic E-state index is 0.0608. The van der Waals surface area contributed by atoms with E-state index in [1.807, 2.05) is 0 Å². The Hall–Kier alpha value is -2.40. The lowest BCUT2D eigenvalue weighted by atomic mass is 10.0. The maximum atomic E-state index is 12.4. The van der Waals surface area contributed by atoms with Crippen molar-refractivity contribution < 1.29 is 24.2 Å². The summed E-state index contributed by atoms with van der Waals surface area (Å²) in [6.07, 6.45) is 100.0. The van der Waals surface area contributed by atoms with Gasteiger partial charge in [-0.2, -0.15) is 0 Å². The Morgan fingerprint density at radius 2 is 0.524 bits per heavy atom. The fourth-order valence-corrected chi connectivity index (χ4v) is 11.4. The van der Waals surface area contributed by atoms with Crippen LogP contribution in [-0.4, -0.2) is 36.4 Å². The van der Waals surface area contributed by atoms with Gasteiger partial charge in [-0.3, -0.25) is 9.59 Å². The van der Waals surface area contributed by atoms with Crippen LogP contribution in [0.2, 0.25) is 0 Å². The number of hydrogen-bond donors (Lipinski definition) is 1. The Kier molecular flexibility index (Phi) is 70.7. The van der Waals surface area contributed by atoms with Crippen molar-refractivity contribution in [3.63, 3.8) is 0 Å². The quantitative estimate of drug-likeness (QED) is 0.0373. The molecule has 0 heterocycles. The number of esters is 2. The largest absolute Gasteiger partial charge is 0.462 e. The lowest BCUT2D eigenvalue weighted by Gasteiger charge is -2.15. The van der Waals surface area contributed by atoms with Crippen molar-refractivity contribution in [2.45, 2.75) is 405 Å². The lowest BCUT2D eigenvalue weighted by Crippen LogP contribution is -2.28. The molecule has 0 fully saturated rings. The van der Waals surface area contributed by atoms with Crippen LogP contribution in [0.5, 0.6) is 0 Å². The van der Waals surface area contributed by atoms with Gasteiger partial charge in [-0.15, -0.1) is 0 Å². The van der Waals surface area contributed by atoms with E-state index in [0.717, 1.165) is 64.2 Å². The predicted molar refractivity (Wildman–Crippen MR) is 362 cm³/mol. The molecule has 0 radical (unpaired) electrons. The van der Waals surface area contributed by atoms with Gasteiger partial charge in [0.1, 0.15) is 6.61 Å². The number of ether oxygens (including phenoxy) is 2. The molecule has 0 bridgehead atoms. The zero-order chi connectivity index (χ0) is 59.1. The number of unbranched alkanes of at least 4 members (excludes halogenated alkanes) is 51. The highest BCUT2D eigenvalue weighted by molar-refractivity contribution is 5.70. The van der Waals surface area contributed by atoms with Gasteiger partial charge in [-0.25, -0.2) is 0 Å². The summed E-state index contributed by atoms with van der Waals surface area (Å²) in [7, 11) is 0. The normalized spacial score (nSPS) is 12.5. The van der Waals surface area contributed by atoms with Crippen LogP contribution in [0.25, 0.3) is 0 Å². The second-order valence-electron chi connectivity index (χ2n) is 25.0. The summed E-state index contributed by atoms with van der Waals surface area (Å²) in [6.45, 7) is 4.09. The average Bonchev–Trinajstić information content (AvgIpc) is 3.49. The van der Waals surface area contributed by atoms with Gasteiger partial charge in [0.2, 0.25) is 0 Å². The first-order chi connectivity index (χ1) is 40.6. The van der Waals surface area contributed by atoms with Gasteiger partial charge in [0.25, 0.3) is 0 Å². The van der Waals surface area contributed by atoms with Crippen LogP contribution in [-0.2, 0) is 19.1 Å². The van der Waals surface area contributed by atoms with Crippen molar-refractivity contribution in [3.8, 4) is 0 Å². The van der Waals surface area contributed by atoms with Gasteiger partial charge >= 0.3 is 11.9 Å². The molecule has 0 aliphatic heterocycles. The molecule has 0 amide bonds. The van der Waals surface area contributed by atoms with E-state index in [0.29, 0.717) is 12.8 Å². The van der Waals surface area contributed by atoms with Crippen LogP contribution in [0.3, 0.4) is 0 Å². The molecule has 0 saturated heterocycles. The third-order valence-corrected chi connectivity index (χ3v) is 16.8. The van der Waals surface area contributed by atoms with E-state index < -0.39 is 6.10 Å². The zero-order valence-corrected chi connectivity index (χ0v) is 55.3. The van der Waals surface area contributed by atoms with E-state index in [9.17, 15) is 14.7 Å². The summed E-state index contributed by atoms with van der Waals surface area (Å²) in [5.41, 5.74) is 0. The number of carbonyl (C=O) groups is 2. The molecule has 0 aliphatic rings. The molecule has 0 saturated carbocycles. The molecule has 5 nitrogen and oxygen atoms in total. The Bertz CT molecular complexity index is 1390. The summed E-state index contributed by atoms with van der Waals surface area (Å²) in [4.78, 5) is 24.7. The van der Waals surface area contributed by atoms with E-state index in [4.69, 9.17) is 9.47 Å². The summed E-state index contributed by atoms with van der Waals surface area (Å²) >= 11 is 0. The molecule has 0 aromatic rings. The zero-order valence-electron chi connectivity index (χ0n) is 55.3. The fourth-order valence-electron chi connectivity index (χ4n) is 11.4. The van der Waals surface area contributed by atoms with Gasteiger partial charge in [0.15, 0.2) is 6.10 Å². The van der Waals surface area contributed by atoms with Crippen molar-refractivity contribution in [2.75, 3.05) is 13.2 Å². The summed E-state index contributed by atoms with van der Waals surface area (Å²) < 4.78 is 10.8. The minimum atomic E-state index is -0.772. The highest BCUT2D eigenvalue weighted by atomic mass is 16.6. The molecule has 480 valence electrons. The van der Waals surface area contributed by atoms with Crippen LogP contribution in [0.4, 0.5) is 0 Å². The van der Waals surface area contributed by atoms with Gasteiger partial charge < -0.3 is 14.6 Å². The third-order valence-electron chi connectivity index (χ3n) is 16.8. The molecule has 5 heteroatoms. The second kappa shape index (κ2) is 72.9. The Labute approximate surface area is 512 Å². The molecular formula is C77H142O5. The third kappa shape index (κ3) is 70.1. The number of aliphatic hydroxyl groups is 1. The maximum Gasteiger partial charge on any atom is 0.306 e. The van der Waals surface area contributed by atoms with Gasteiger partial charge in [0, 0.05) is 12.8 Å². The van der Waals surface area contributed by atoms with Gasteiger partial charge in [-0.05, 0) is 57.8 Å². The standard InChI is InChI=1S/C77H142O5/c1-3-5-7-9-11-13-15-17-19-21-23-25-27-29-31-33-35-37-38-40-41-43-45-47-49-51-53-55-57-59-61-63-65-67-69-71-76(79)81-74-75(73-78)82-77(80)72-70-68-66-64-62-60-58-56-54-52-50-48-46-44-42-39-36-34-32-30-28-26-24-22-20-18-16-14-12-10-8-6-4-2/h6,8,12,14,18,20,24,26,30,32,75,78H,3-5,7,9-11,13,15-17,19,21-23,25,27-29,31,33-74H2,1-2H3/b8-6-,14-12-,20-18-,26-24-,32-30-. The molecule has 82 heavy (non-hydrogen) atoms. The highest BCUT2D eigenvalue weighted by Gasteiger charge is 2.16. The predicted octanol–water partition coefficient (Wildman–Crippen LogP) is 25.7. The monoisotopic (exact) mass is 1150 g/mol. The molecule has 1 atom stereocenters.